The summed E-state index contributed by atoms with van der Waals surface area (Å²) in [5, 5.41) is 0. The zero-order valence-electron chi connectivity index (χ0n) is 13.8. The van der Waals surface area contributed by atoms with Crippen LogP contribution in [0.3, 0.4) is 0 Å². The molecule has 24 heavy (non-hydrogen) atoms. The lowest BCUT2D eigenvalue weighted by Gasteiger charge is -2.20. The summed E-state index contributed by atoms with van der Waals surface area (Å²) < 4.78 is 13.2. The number of hydrogen-bond acceptors (Lipinski definition) is 3. The van der Waals surface area contributed by atoms with Gasteiger partial charge in [-0.05, 0) is 36.8 Å². The van der Waals surface area contributed by atoms with Crippen molar-refractivity contribution < 1.29 is 14.0 Å². The van der Waals surface area contributed by atoms with E-state index >= 15 is 0 Å². The zero-order valence-corrected chi connectivity index (χ0v) is 14.6. The second kappa shape index (κ2) is 7.62. The molecule has 1 aliphatic heterocycles. The van der Waals surface area contributed by atoms with Gasteiger partial charge in [0.1, 0.15) is 5.82 Å². The molecule has 4 atom stereocenters. The van der Waals surface area contributed by atoms with Crippen molar-refractivity contribution in [2.45, 2.75) is 32.2 Å². The molecule has 1 aromatic carbocycles. The van der Waals surface area contributed by atoms with Gasteiger partial charge in [0, 0.05) is 37.0 Å². The Morgan fingerprint density at radius 3 is 2.75 bits per heavy atom. The lowest BCUT2D eigenvalue weighted by Crippen LogP contribution is -2.34. The SMILES string of the molecule is CC(CC(=O)N1CC2CCC(N)C2C1)C(=O)c1cccc(F)c1.Cl. The number of halogens is 2. The molecule has 1 aliphatic carbocycles. The lowest BCUT2D eigenvalue weighted by atomic mass is 9.96. The van der Waals surface area contributed by atoms with Crippen molar-refractivity contribution in [1.29, 1.82) is 0 Å². The molecule has 2 aliphatic rings. The molecule has 1 saturated heterocycles. The van der Waals surface area contributed by atoms with E-state index < -0.39 is 11.7 Å². The number of rotatable bonds is 4. The van der Waals surface area contributed by atoms with Crippen LogP contribution >= 0.6 is 12.4 Å². The van der Waals surface area contributed by atoms with E-state index in [1.165, 1.54) is 18.2 Å². The smallest absolute Gasteiger partial charge is 0.223 e. The fraction of sp³-hybridized carbons (Fsp3) is 0.556. The molecule has 1 saturated carbocycles. The minimum atomic E-state index is -0.446. The first kappa shape index (κ1) is 18.9. The predicted octanol–water partition coefficient (Wildman–Crippen LogP) is 2.65. The van der Waals surface area contributed by atoms with E-state index in [-0.39, 0.29) is 36.6 Å². The molecule has 2 fully saturated rings. The van der Waals surface area contributed by atoms with Gasteiger partial charge in [0.2, 0.25) is 5.91 Å². The van der Waals surface area contributed by atoms with E-state index in [9.17, 15) is 14.0 Å². The number of likely N-dealkylation sites (tertiary alicyclic amines) is 1. The maximum Gasteiger partial charge on any atom is 0.223 e. The summed E-state index contributed by atoms with van der Waals surface area (Å²) >= 11 is 0. The number of carbonyl (C=O) groups excluding carboxylic acids is 2. The second-order valence-electron chi connectivity index (χ2n) is 6.94. The minimum Gasteiger partial charge on any atom is -0.342 e. The summed E-state index contributed by atoms with van der Waals surface area (Å²) in [6.45, 7) is 3.21. The Morgan fingerprint density at radius 1 is 1.33 bits per heavy atom. The van der Waals surface area contributed by atoms with E-state index in [0.29, 0.717) is 23.9 Å². The summed E-state index contributed by atoms with van der Waals surface area (Å²) in [6.07, 6.45) is 2.31. The number of carbonyl (C=O) groups is 2. The number of amides is 1. The molecule has 1 aromatic rings. The minimum absolute atomic E-state index is 0. The Labute approximate surface area is 148 Å². The normalized spacial score (nSPS) is 26.6. The molecule has 4 unspecified atom stereocenters. The highest BCUT2D eigenvalue weighted by Gasteiger charge is 2.42. The van der Waals surface area contributed by atoms with Crippen molar-refractivity contribution in [3.8, 4) is 0 Å². The number of ketones is 1. The first-order chi connectivity index (χ1) is 11.0. The monoisotopic (exact) mass is 354 g/mol. The van der Waals surface area contributed by atoms with Crippen LogP contribution in [0.15, 0.2) is 24.3 Å². The molecule has 6 heteroatoms. The van der Waals surface area contributed by atoms with Crippen molar-refractivity contribution in [3.63, 3.8) is 0 Å². The van der Waals surface area contributed by atoms with E-state index in [0.717, 1.165) is 19.4 Å². The third-order valence-corrected chi connectivity index (χ3v) is 5.30. The van der Waals surface area contributed by atoms with Gasteiger partial charge in [0.15, 0.2) is 5.78 Å². The molecular formula is C18H24ClFN2O2. The molecule has 1 heterocycles. The van der Waals surface area contributed by atoms with Gasteiger partial charge in [-0.25, -0.2) is 4.39 Å². The quantitative estimate of drug-likeness (QED) is 0.845. The van der Waals surface area contributed by atoms with Gasteiger partial charge in [-0.3, -0.25) is 9.59 Å². The molecule has 3 rings (SSSR count). The Kier molecular flexibility index (Phi) is 5.99. The summed E-state index contributed by atoms with van der Waals surface area (Å²) in [7, 11) is 0. The number of hydrogen-bond donors (Lipinski definition) is 1. The molecule has 0 radical (unpaired) electrons. The lowest BCUT2D eigenvalue weighted by molar-refractivity contribution is -0.131. The van der Waals surface area contributed by atoms with Crippen molar-refractivity contribution in [1.82, 2.24) is 4.90 Å². The highest BCUT2D eigenvalue weighted by Crippen LogP contribution is 2.37. The average molecular weight is 355 g/mol. The van der Waals surface area contributed by atoms with Crippen LogP contribution < -0.4 is 5.73 Å². The van der Waals surface area contributed by atoms with Crippen molar-refractivity contribution >= 4 is 24.1 Å². The highest BCUT2D eigenvalue weighted by molar-refractivity contribution is 5.99. The van der Waals surface area contributed by atoms with Crippen LogP contribution in [-0.4, -0.2) is 35.7 Å². The molecule has 0 bridgehead atoms. The number of fused-ring (bicyclic) bond motifs is 1. The topological polar surface area (TPSA) is 63.4 Å². The Morgan fingerprint density at radius 2 is 2.08 bits per heavy atom. The third kappa shape index (κ3) is 3.78. The fourth-order valence-corrected chi connectivity index (χ4v) is 3.92. The van der Waals surface area contributed by atoms with Crippen molar-refractivity contribution in [3.05, 3.63) is 35.6 Å². The summed E-state index contributed by atoms with van der Waals surface area (Å²) in [5.41, 5.74) is 6.42. The maximum absolute atomic E-state index is 13.2. The standard InChI is InChI=1S/C18H23FN2O2.ClH/c1-11(18(23)12-3-2-4-14(19)8-12)7-17(22)21-9-13-5-6-16(20)15(13)10-21;/h2-4,8,11,13,15-16H,5-7,9-10,20H2,1H3;1H. The number of nitrogens with zero attached hydrogens (tertiary/aromatic N) is 1. The first-order valence-electron chi connectivity index (χ1n) is 8.29. The number of nitrogens with two attached hydrogens (primary N) is 1. The van der Waals surface area contributed by atoms with Gasteiger partial charge in [-0.1, -0.05) is 19.1 Å². The predicted molar refractivity (Wildman–Crippen MR) is 92.5 cm³/mol. The van der Waals surface area contributed by atoms with Gasteiger partial charge in [0.25, 0.3) is 0 Å². The van der Waals surface area contributed by atoms with Crippen LogP contribution in [0.1, 0.15) is 36.5 Å². The highest BCUT2D eigenvalue weighted by atomic mass is 35.5. The van der Waals surface area contributed by atoms with Gasteiger partial charge < -0.3 is 10.6 Å². The molecule has 132 valence electrons. The third-order valence-electron chi connectivity index (χ3n) is 5.30. The fourth-order valence-electron chi connectivity index (χ4n) is 3.92. The largest absolute Gasteiger partial charge is 0.342 e. The summed E-state index contributed by atoms with van der Waals surface area (Å²) in [4.78, 5) is 26.6. The molecule has 2 N–H and O–H groups in total. The van der Waals surface area contributed by atoms with Gasteiger partial charge in [0.05, 0.1) is 0 Å². The molecular weight excluding hydrogens is 331 g/mol. The van der Waals surface area contributed by atoms with Crippen molar-refractivity contribution in [2.75, 3.05) is 13.1 Å². The Hall–Kier alpha value is -1.46. The molecule has 0 spiro atoms. The average Bonchev–Trinajstić information content (AvgIpc) is 3.09. The Balaban J connectivity index is 0.00000208. The maximum atomic E-state index is 13.2. The number of benzene rings is 1. The van der Waals surface area contributed by atoms with Gasteiger partial charge in [-0.15, -0.1) is 12.4 Å². The number of Topliss-reactive ketones (excluding diaryl/α,β-unsaturated/α-hetero) is 1. The Bertz CT molecular complexity index is 625. The van der Waals surface area contributed by atoms with E-state index in [1.54, 1.807) is 13.0 Å². The van der Waals surface area contributed by atoms with Crippen LogP contribution in [0.25, 0.3) is 0 Å². The van der Waals surface area contributed by atoms with Crippen LogP contribution in [0.4, 0.5) is 4.39 Å². The van der Waals surface area contributed by atoms with E-state index in [1.807, 2.05) is 4.90 Å². The van der Waals surface area contributed by atoms with Gasteiger partial charge >= 0.3 is 0 Å². The van der Waals surface area contributed by atoms with Crippen LogP contribution in [0.5, 0.6) is 0 Å². The first-order valence-corrected chi connectivity index (χ1v) is 8.29. The molecule has 0 aromatic heterocycles. The van der Waals surface area contributed by atoms with Gasteiger partial charge in [-0.2, -0.15) is 0 Å². The molecule has 1 amide bonds. The molecule has 4 nitrogen and oxygen atoms in total. The van der Waals surface area contributed by atoms with Crippen LogP contribution in [0.2, 0.25) is 0 Å². The summed E-state index contributed by atoms with van der Waals surface area (Å²) in [6, 6.07) is 5.83. The van der Waals surface area contributed by atoms with E-state index in [2.05, 4.69) is 0 Å². The van der Waals surface area contributed by atoms with Crippen LogP contribution in [-0.2, 0) is 4.79 Å². The van der Waals surface area contributed by atoms with E-state index in [4.69, 9.17) is 5.73 Å². The van der Waals surface area contributed by atoms with Crippen LogP contribution in [0, 0.1) is 23.6 Å². The van der Waals surface area contributed by atoms with Crippen molar-refractivity contribution in [2.24, 2.45) is 23.5 Å². The second-order valence-corrected chi connectivity index (χ2v) is 6.94. The zero-order chi connectivity index (χ0) is 16.6. The summed E-state index contributed by atoms with van der Waals surface area (Å²) in [5.74, 6) is -0.136.